The van der Waals surface area contributed by atoms with E-state index >= 15 is 0 Å². The Morgan fingerprint density at radius 1 is 0.607 bits per heavy atom. The van der Waals surface area contributed by atoms with E-state index in [9.17, 15) is 29.7 Å². The second-order valence-electron chi connectivity index (χ2n) is 4.52. The predicted molar refractivity (Wildman–Crippen MR) is 96.9 cm³/mol. The molecule has 0 radical (unpaired) electrons. The number of carbonyl (C=O) groups is 3. The van der Waals surface area contributed by atoms with Crippen LogP contribution in [-0.2, 0) is 28.6 Å². The molecule has 0 aliphatic carbocycles. The van der Waals surface area contributed by atoms with E-state index in [1.165, 1.54) is 20.8 Å². The van der Waals surface area contributed by atoms with Crippen molar-refractivity contribution in [3.8, 4) is 0 Å². The van der Waals surface area contributed by atoms with Crippen LogP contribution in [-0.4, -0.2) is 55.1 Å². The molecule has 0 saturated carbocycles. The van der Waals surface area contributed by atoms with Crippen molar-refractivity contribution in [1.29, 1.82) is 0 Å². The van der Waals surface area contributed by atoms with Gasteiger partial charge in [0, 0.05) is 18.2 Å². The van der Waals surface area contributed by atoms with E-state index in [0.29, 0.717) is 19.8 Å². The number of esters is 3. The van der Waals surface area contributed by atoms with E-state index in [1.54, 1.807) is 20.8 Å². The standard InChI is InChI=1S/3C6H10O3.Al/c3*1-3-9-6(8)4-5(2)7;/h3*4,7H,3H2,1-2H3;/q;;;+3/p-3. The minimum Gasteiger partial charge on any atom is -0.875 e. The molecule has 156 valence electrons. The molecule has 0 amide bonds. The molecule has 0 aromatic rings. The Hall–Kier alpha value is -2.44. The molecule has 0 heterocycles. The van der Waals surface area contributed by atoms with Gasteiger partial charge in [-0.05, 0) is 20.8 Å². The van der Waals surface area contributed by atoms with Gasteiger partial charge >= 0.3 is 35.3 Å². The third-order valence-corrected chi connectivity index (χ3v) is 1.82. The zero-order valence-corrected chi connectivity index (χ0v) is 18.3. The smallest absolute Gasteiger partial charge is 0.875 e. The minimum absolute atomic E-state index is 0. The molecule has 10 heteroatoms. The van der Waals surface area contributed by atoms with Crippen molar-refractivity contribution >= 4 is 35.3 Å². The van der Waals surface area contributed by atoms with Crippen LogP contribution in [0.3, 0.4) is 0 Å². The maximum Gasteiger partial charge on any atom is 3.00 e. The summed E-state index contributed by atoms with van der Waals surface area (Å²) in [6, 6.07) is 0. The van der Waals surface area contributed by atoms with Gasteiger partial charge in [0.15, 0.2) is 0 Å². The average molecular weight is 414 g/mol. The summed E-state index contributed by atoms with van der Waals surface area (Å²) in [5.74, 6) is -2.55. The predicted octanol–water partition coefficient (Wildman–Crippen LogP) is -0.940. The molecule has 0 aliphatic rings. The summed E-state index contributed by atoms with van der Waals surface area (Å²) in [5.41, 5.74) is 0. The van der Waals surface area contributed by atoms with E-state index < -0.39 is 17.9 Å². The number of hydrogen-bond donors (Lipinski definition) is 0. The van der Waals surface area contributed by atoms with Crippen molar-refractivity contribution in [2.24, 2.45) is 0 Å². The third-order valence-electron chi connectivity index (χ3n) is 1.82. The number of ether oxygens (including phenoxy) is 3. The Kier molecular flexibility index (Phi) is 26.8. The summed E-state index contributed by atoms with van der Waals surface area (Å²) >= 11 is 0. The molecule has 28 heavy (non-hydrogen) atoms. The van der Waals surface area contributed by atoms with Crippen LogP contribution < -0.4 is 15.3 Å². The third kappa shape index (κ3) is 34.8. The van der Waals surface area contributed by atoms with Crippen molar-refractivity contribution in [1.82, 2.24) is 0 Å². The molecule has 0 fully saturated rings. The van der Waals surface area contributed by atoms with Gasteiger partial charge in [-0.15, -0.1) is 17.3 Å². The van der Waals surface area contributed by atoms with Gasteiger partial charge < -0.3 is 29.5 Å². The molecular weight excluding hydrogens is 387 g/mol. The van der Waals surface area contributed by atoms with Crippen LogP contribution in [0.25, 0.3) is 0 Å². The van der Waals surface area contributed by atoms with Gasteiger partial charge in [0.25, 0.3) is 0 Å². The monoisotopic (exact) mass is 414 g/mol. The van der Waals surface area contributed by atoms with Gasteiger partial charge in [0.1, 0.15) is 0 Å². The molecule has 0 atom stereocenters. The van der Waals surface area contributed by atoms with Crippen molar-refractivity contribution in [3.05, 3.63) is 35.5 Å². The molecule has 0 aromatic carbocycles. The normalized spacial score (nSPS) is 10.7. The van der Waals surface area contributed by atoms with Crippen LogP contribution >= 0.6 is 0 Å². The summed E-state index contributed by atoms with van der Waals surface area (Å²) in [7, 11) is 0. The summed E-state index contributed by atoms with van der Waals surface area (Å²) < 4.78 is 13.3. The fourth-order valence-corrected chi connectivity index (χ4v) is 1.05. The van der Waals surface area contributed by atoms with Crippen molar-refractivity contribution in [3.63, 3.8) is 0 Å². The maximum atomic E-state index is 10.4. The molecule has 0 unspecified atom stereocenters. The first-order valence-electron chi connectivity index (χ1n) is 8.06. The Bertz CT molecular complexity index is 449. The summed E-state index contributed by atoms with van der Waals surface area (Å²) in [4.78, 5) is 31.1. The Balaban J connectivity index is -0.000000152. The van der Waals surface area contributed by atoms with Gasteiger partial charge in [0.2, 0.25) is 0 Å². The van der Waals surface area contributed by atoms with E-state index in [1.807, 2.05) is 0 Å². The first-order valence-corrected chi connectivity index (χ1v) is 8.06. The van der Waals surface area contributed by atoms with Crippen LogP contribution in [0, 0.1) is 0 Å². The van der Waals surface area contributed by atoms with Crippen molar-refractivity contribution < 1.29 is 43.9 Å². The molecule has 0 aromatic heterocycles. The Morgan fingerprint density at radius 3 is 0.893 bits per heavy atom. The second kappa shape index (κ2) is 22.6. The quantitative estimate of drug-likeness (QED) is 0.176. The fraction of sp³-hybridized carbons (Fsp3) is 0.500. The van der Waals surface area contributed by atoms with Crippen molar-refractivity contribution in [2.45, 2.75) is 41.5 Å². The number of carbonyl (C=O) groups excluding carboxylic acids is 3. The first-order chi connectivity index (χ1) is 12.5. The van der Waals surface area contributed by atoms with Crippen LogP contribution in [0.15, 0.2) is 35.5 Å². The zero-order chi connectivity index (χ0) is 21.8. The van der Waals surface area contributed by atoms with Crippen LogP contribution in [0.1, 0.15) is 41.5 Å². The van der Waals surface area contributed by atoms with E-state index in [0.717, 1.165) is 18.2 Å². The number of rotatable bonds is 6. The summed E-state index contributed by atoms with van der Waals surface area (Å²) in [6.07, 6.45) is 2.76. The van der Waals surface area contributed by atoms with Gasteiger partial charge in [-0.25, -0.2) is 14.4 Å². The minimum atomic E-state index is -0.565. The summed E-state index contributed by atoms with van der Waals surface area (Å²) in [6.45, 7) is 9.89. The molecule has 0 rings (SSSR count). The van der Waals surface area contributed by atoms with E-state index in [-0.39, 0.29) is 34.6 Å². The molecular formula is C18H27AlO9. The first kappa shape index (κ1) is 33.2. The Labute approximate surface area is 176 Å². The van der Waals surface area contributed by atoms with Crippen LogP contribution in [0.4, 0.5) is 0 Å². The van der Waals surface area contributed by atoms with E-state index in [4.69, 9.17) is 0 Å². The molecule has 0 N–H and O–H groups in total. The molecule has 0 saturated heterocycles. The zero-order valence-electron chi connectivity index (χ0n) is 17.1. The fourth-order valence-electron chi connectivity index (χ4n) is 1.05. The van der Waals surface area contributed by atoms with Crippen LogP contribution in [0.5, 0.6) is 0 Å². The molecule has 9 nitrogen and oxygen atoms in total. The topological polar surface area (TPSA) is 148 Å². The molecule has 0 bridgehead atoms. The molecule has 0 aliphatic heterocycles. The van der Waals surface area contributed by atoms with Gasteiger partial charge in [-0.2, -0.15) is 0 Å². The van der Waals surface area contributed by atoms with Gasteiger partial charge in [0.05, 0.1) is 19.8 Å². The average Bonchev–Trinajstić information content (AvgIpc) is 2.46. The SMILES string of the molecule is CCOC(=O)C=C(C)[O-].CCOC(=O)C=C(C)[O-].CCOC(=O)C=C(C)[O-].[Al+3]. The van der Waals surface area contributed by atoms with Crippen LogP contribution in [0.2, 0.25) is 0 Å². The van der Waals surface area contributed by atoms with Crippen molar-refractivity contribution in [2.75, 3.05) is 19.8 Å². The Morgan fingerprint density at radius 2 is 0.786 bits per heavy atom. The summed E-state index contributed by atoms with van der Waals surface area (Å²) in [5, 5.41) is 30.5. The number of allylic oxidation sites excluding steroid dienone is 3. The number of hydrogen-bond acceptors (Lipinski definition) is 9. The van der Waals surface area contributed by atoms with Gasteiger partial charge in [-0.1, -0.05) is 20.8 Å². The van der Waals surface area contributed by atoms with E-state index in [2.05, 4.69) is 14.2 Å². The second-order valence-corrected chi connectivity index (χ2v) is 4.52. The molecule has 0 spiro atoms. The van der Waals surface area contributed by atoms with Gasteiger partial charge in [-0.3, -0.25) is 0 Å². The maximum absolute atomic E-state index is 10.4. The largest absolute Gasteiger partial charge is 3.00 e.